The zero-order valence-corrected chi connectivity index (χ0v) is 24.1. The van der Waals surface area contributed by atoms with E-state index in [0.29, 0.717) is 11.9 Å². The van der Waals surface area contributed by atoms with Crippen LogP contribution in [0, 0.1) is 6.07 Å². The van der Waals surface area contributed by atoms with Crippen molar-refractivity contribution in [1.29, 1.82) is 0 Å². The maximum absolute atomic E-state index is 9.08. The largest absolute Gasteiger partial charge is 2.00 e. The van der Waals surface area contributed by atoms with Gasteiger partial charge in [0.25, 0.3) is 0 Å². The molecule has 0 atom stereocenters. The molecule has 0 aliphatic heterocycles. The average Bonchev–Trinajstić information content (AvgIpc) is 2.91. The first-order valence-electron chi connectivity index (χ1n) is 11.5. The van der Waals surface area contributed by atoms with E-state index < -0.39 is 18.0 Å². The van der Waals surface area contributed by atoms with E-state index >= 15 is 0 Å². The third-order valence-corrected chi connectivity index (χ3v) is 7.85. The number of rotatable bonds is 4. The van der Waals surface area contributed by atoms with Crippen molar-refractivity contribution in [2.45, 2.75) is 0 Å². The Morgan fingerprint density at radius 1 is 0.632 bits per heavy atom. The molecule has 7 heteroatoms. The van der Waals surface area contributed by atoms with Crippen molar-refractivity contribution in [3.05, 3.63) is 151 Å². The van der Waals surface area contributed by atoms with Crippen LogP contribution in [-0.2, 0) is 30.5 Å². The second-order valence-electron chi connectivity index (χ2n) is 8.00. The SMILES string of the molecule is CS(=O)(=O)[O-].[NH-]c1ccccc1-c1[c-]cccc1.[Pd+2].c1ccc([PH+](c2ccccc2)c2ccccc2)cc1. The van der Waals surface area contributed by atoms with Crippen LogP contribution in [0.1, 0.15) is 0 Å². The molecular formula is C31H28NO3PPdS. The smallest absolute Gasteiger partial charge is 0.748 e. The molecule has 0 fully saturated rings. The minimum Gasteiger partial charge on any atom is -0.748 e. The molecule has 0 amide bonds. The molecule has 0 aliphatic rings. The van der Waals surface area contributed by atoms with E-state index in [4.69, 9.17) is 18.7 Å². The predicted molar refractivity (Wildman–Crippen MR) is 157 cm³/mol. The molecule has 5 rings (SSSR count). The van der Waals surface area contributed by atoms with Crippen LogP contribution in [0.15, 0.2) is 140 Å². The van der Waals surface area contributed by atoms with Gasteiger partial charge in [0, 0.05) is 6.26 Å². The third-order valence-electron chi connectivity index (χ3n) is 5.11. The summed E-state index contributed by atoms with van der Waals surface area (Å²) in [7, 11) is -4.79. The second kappa shape index (κ2) is 16.0. The van der Waals surface area contributed by atoms with Gasteiger partial charge in [-0.05, 0) is 36.4 Å². The van der Waals surface area contributed by atoms with Crippen LogP contribution in [0.3, 0.4) is 0 Å². The zero-order valence-electron chi connectivity index (χ0n) is 20.7. The minimum absolute atomic E-state index is 0. The van der Waals surface area contributed by atoms with Crippen LogP contribution >= 0.6 is 7.92 Å². The van der Waals surface area contributed by atoms with Gasteiger partial charge >= 0.3 is 20.4 Å². The Balaban J connectivity index is 0.000000232. The summed E-state index contributed by atoms with van der Waals surface area (Å²) >= 11 is 0. The molecule has 0 unspecified atom stereocenters. The summed E-state index contributed by atoms with van der Waals surface area (Å²) < 4.78 is 27.2. The van der Waals surface area contributed by atoms with Crippen molar-refractivity contribution < 1.29 is 33.4 Å². The van der Waals surface area contributed by atoms with E-state index in [0.717, 1.165) is 11.1 Å². The van der Waals surface area contributed by atoms with Gasteiger partial charge < -0.3 is 10.3 Å². The molecular weight excluding hydrogens is 604 g/mol. The molecule has 0 bridgehead atoms. The second-order valence-corrected chi connectivity index (χ2v) is 11.9. The van der Waals surface area contributed by atoms with E-state index in [1.54, 1.807) is 6.07 Å². The van der Waals surface area contributed by atoms with Gasteiger partial charge in [-0.25, -0.2) is 8.42 Å². The summed E-state index contributed by atoms with van der Waals surface area (Å²) in [6, 6.07) is 50.9. The Hall–Kier alpha value is -3.10. The summed E-state index contributed by atoms with van der Waals surface area (Å²) in [6.07, 6.45) is 0.604. The van der Waals surface area contributed by atoms with Crippen molar-refractivity contribution in [3.8, 4) is 11.1 Å². The van der Waals surface area contributed by atoms with Crippen molar-refractivity contribution in [2.24, 2.45) is 0 Å². The number of nitrogens with one attached hydrogen (secondary N) is 1. The van der Waals surface area contributed by atoms with Crippen LogP contribution in [0.5, 0.6) is 0 Å². The Morgan fingerprint density at radius 2 is 1.00 bits per heavy atom. The van der Waals surface area contributed by atoms with Crippen LogP contribution < -0.4 is 15.9 Å². The normalized spacial score (nSPS) is 10.2. The van der Waals surface area contributed by atoms with Gasteiger partial charge in [0.15, 0.2) is 0 Å². The van der Waals surface area contributed by atoms with Gasteiger partial charge in [0.2, 0.25) is 0 Å². The van der Waals surface area contributed by atoms with Crippen molar-refractivity contribution in [2.75, 3.05) is 6.26 Å². The van der Waals surface area contributed by atoms with Crippen molar-refractivity contribution >= 4 is 39.6 Å². The fraction of sp³-hybridized carbons (Fsp3) is 0.0323. The monoisotopic (exact) mass is 631 g/mol. The summed E-state index contributed by atoms with van der Waals surface area (Å²) in [4.78, 5) is 0. The first-order chi connectivity index (χ1) is 17.8. The number of hydrogen-bond acceptors (Lipinski definition) is 3. The molecule has 196 valence electrons. The van der Waals surface area contributed by atoms with E-state index in [-0.39, 0.29) is 20.4 Å². The van der Waals surface area contributed by atoms with Gasteiger partial charge in [0.1, 0.15) is 15.9 Å². The summed E-state index contributed by atoms with van der Waals surface area (Å²) in [5, 5.41) is 4.31. The molecule has 0 aromatic heterocycles. The van der Waals surface area contributed by atoms with E-state index in [9.17, 15) is 0 Å². The molecule has 4 nitrogen and oxygen atoms in total. The molecule has 1 N–H and O–H groups in total. The Morgan fingerprint density at radius 3 is 1.37 bits per heavy atom. The summed E-state index contributed by atoms with van der Waals surface area (Å²) in [5.74, 6) is 0. The molecule has 0 saturated carbocycles. The number of hydrogen-bond donors (Lipinski definition) is 0. The van der Waals surface area contributed by atoms with Gasteiger partial charge in [0.05, 0.1) is 18.0 Å². The Labute approximate surface area is 240 Å². The maximum Gasteiger partial charge on any atom is 2.00 e. The molecule has 0 spiro atoms. The molecule has 0 heterocycles. The Kier molecular flexibility index (Phi) is 13.1. The summed E-state index contributed by atoms with van der Waals surface area (Å²) in [5.41, 5.74) is 10.1. The van der Waals surface area contributed by atoms with Gasteiger partial charge in [-0.1, -0.05) is 78.9 Å². The topological polar surface area (TPSA) is 81.0 Å². The van der Waals surface area contributed by atoms with E-state index in [1.165, 1.54) is 15.9 Å². The van der Waals surface area contributed by atoms with Gasteiger partial charge in [-0.15, -0.1) is 41.5 Å². The average molecular weight is 632 g/mol. The minimum atomic E-state index is -3.92. The zero-order chi connectivity index (χ0) is 26.5. The molecule has 0 radical (unpaired) electrons. The van der Waals surface area contributed by atoms with Crippen LogP contribution in [0.25, 0.3) is 16.9 Å². The molecule has 5 aromatic rings. The first-order valence-corrected chi connectivity index (χ1v) is 14.9. The quantitative estimate of drug-likeness (QED) is 0.103. The van der Waals surface area contributed by atoms with Gasteiger partial charge in [-0.3, -0.25) is 0 Å². The predicted octanol–water partition coefficient (Wildman–Crippen LogP) is 6.17. The van der Waals surface area contributed by atoms with Crippen molar-refractivity contribution in [3.63, 3.8) is 0 Å². The summed E-state index contributed by atoms with van der Waals surface area (Å²) in [6.45, 7) is 0. The van der Waals surface area contributed by atoms with Crippen LogP contribution in [-0.4, -0.2) is 19.2 Å². The molecule has 0 aliphatic carbocycles. The molecule has 0 saturated heterocycles. The van der Waals surface area contributed by atoms with Crippen molar-refractivity contribution in [1.82, 2.24) is 0 Å². The third kappa shape index (κ3) is 10.7. The Bertz CT molecular complexity index is 1350. The van der Waals surface area contributed by atoms with E-state index in [1.807, 2.05) is 42.5 Å². The maximum atomic E-state index is 9.08. The fourth-order valence-corrected chi connectivity index (χ4v) is 6.17. The molecule has 38 heavy (non-hydrogen) atoms. The fourth-order valence-electron chi connectivity index (χ4n) is 3.59. The van der Waals surface area contributed by atoms with Gasteiger partial charge in [-0.2, -0.15) is 5.69 Å². The standard InChI is InChI=1S/C18H15P.C12H9N.CH4O3S.Pd/c1-4-10-16(11-5-1)19(17-12-6-2-7-13-17)18-14-8-3-9-15-18;13-12-9-5-4-8-11(12)10-6-2-1-3-7-10;1-5(2,3)4;/h1-15H;1-6,8-9,13H;1H3,(H,2,3,4);/q;-2;;+2. The van der Waals surface area contributed by atoms with E-state index in [2.05, 4.69) is 97.1 Å². The van der Waals surface area contributed by atoms with Crippen LogP contribution in [0.4, 0.5) is 5.69 Å². The number of benzene rings is 5. The molecule has 5 aromatic carbocycles. The van der Waals surface area contributed by atoms with Crippen LogP contribution in [0.2, 0.25) is 0 Å². The first kappa shape index (κ1) is 31.1.